The van der Waals surface area contributed by atoms with Crippen LogP contribution < -0.4 is 5.32 Å². The van der Waals surface area contributed by atoms with Gasteiger partial charge in [0, 0.05) is 26.7 Å². The van der Waals surface area contributed by atoms with Crippen molar-refractivity contribution in [2.24, 2.45) is 0 Å². The molecule has 2 atom stereocenters. The van der Waals surface area contributed by atoms with E-state index < -0.39 is 6.09 Å². The van der Waals surface area contributed by atoms with E-state index >= 15 is 0 Å². The first-order chi connectivity index (χ1) is 8.70. The minimum atomic E-state index is -1.02. The van der Waals surface area contributed by atoms with Gasteiger partial charge in [0.25, 0.3) is 0 Å². The van der Waals surface area contributed by atoms with Gasteiger partial charge in [-0.1, -0.05) is 0 Å². The maximum Gasteiger partial charge on any atom is 0.404 e. The van der Waals surface area contributed by atoms with E-state index in [1.807, 2.05) is 0 Å². The van der Waals surface area contributed by atoms with E-state index in [-0.39, 0.29) is 12.0 Å². The lowest BCUT2D eigenvalue weighted by atomic mass is 10.0. The first-order valence-electron chi connectivity index (χ1n) is 5.80. The van der Waals surface area contributed by atoms with Gasteiger partial charge >= 0.3 is 6.09 Å². The normalized spacial score (nSPS) is 24.3. The fourth-order valence-electron chi connectivity index (χ4n) is 2.29. The zero-order valence-electron chi connectivity index (χ0n) is 10.2. The van der Waals surface area contributed by atoms with E-state index in [9.17, 15) is 4.79 Å². The number of rotatable bonds is 5. The highest BCUT2D eigenvalue weighted by Gasteiger charge is 2.36. The van der Waals surface area contributed by atoms with Crippen LogP contribution in [-0.4, -0.2) is 60.5 Å². The lowest BCUT2D eigenvalue weighted by Gasteiger charge is -2.15. The molecule has 0 spiro atoms. The molecule has 1 aromatic rings. The van der Waals surface area contributed by atoms with Crippen molar-refractivity contribution < 1.29 is 19.1 Å². The maximum absolute atomic E-state index is 10.8. The van der Waals surface area contributed by atoms with Crippen LogP contribution in [0.2, 0.25) is 0 Å². The molecule has 2 N–H and O–H groups in total. The Morgan fingerprint density at radius 2 is 2.56 bits per heavy atom. The van der Waals surface area contributed by atoms with Gasteiger partial charge in [0.2, 0.25) is 0 Å². The first-order valence-corrected chi connectivity index (χ1v) is 5.80. The second kappa shape index (κ2) is 5.83. The van der Waals surface area contributed by atoms with Crippen LogP contribution in [0, 0.1) is 0 Å². The Balaban J connectivity index is 2.02. The van der Waals surface area contributed by atoms with Crippen LogP contribution in [0.1, 0.15) is 11.7 Å². The van der Waals surface area contributed by atoms with E-state index in [2.05, 4.69) is 15.2 Å². The van der Waals surface area contributed by atoms with Crippen molar-refractivity contribution in [3.8, 4) is 0 Å². The van der Waals surface area contributed by atoms with Gasteiger partial charge in [-0.25, -0.2) is 9.78 Å². The number of hydrogen-bond donors (Lipinski definition) is 2. The van der Waals surface area contributed by atoms with Gasteiger partial charge in [-0.05, 0) is 0 Å². The summed E-state index contributed by atoms with van der Waals surface area (Å²) in [6.45, 7) is 2.80. The van der Waals surface area contributed by atoms with Crippen LogP contribution in [-0.2, 0) is 4.74 Å². The molecule has 1 amide bonds. The zero-order chi connectivity index (χ0) is 13.0. The standard InChI is InChI=1S/C11H17N3O4/c1-17-3-2-14-5-8(10-4-12-7-18-10)9(6-14)13-11(15)16/h4,7-9,13H,2-3,5-6H2,1H3,(H,15,16)/t8-,9-/m1/s1. The highest BCUT2D eigenvalue weighted by atomic mass is 16.5. The van der Waals surface area contributed by atoms with Gasteiger partial charge < -0.3 is 19.6 Å². The van der Waals surface area contributed by atoms with Crippen molar-refractivity contribution in [2.45, 2.75) is 12.0 Å². The first kappa shape index (κ1) is 12.8. The molecule has 0 unspecified atom stereocenters. The molecule has 1 aliphatic rings. The van der Waals surface area contributed by atoms with Gasteiger partial charge in [0.15, 0.2) is 6.39 Å². The molecule has 0 aromatic carbocycles. The van der Waals surface area contributed by atoms with Gasteiger partial charge in [-0.2, -0.15) is 0 Å². The Hall–Kier alpha value is -1.60. The van der Waals surface area contributed by atoms with Crippen LogP contribution in [0.4, 0.5) is 4.79 Å². The van der Waals surface area contributed by atoms with Crippen molar-refractivity contribution in [3.05, 3.63) is 18.4 Å². The number of nitrogens with one attached hydrogen (secondary N) is 1. The molecule has 100 valence electrons. The third kappa shape index (κ3) is 2.99. The Morgan fingerprint density at radius 1 is 1.72 bits per heavy atom. The highest BCUT2D eigenvalue weighted by molar-refractivity contribution is 5.65. The Morgan fingerprint density at radius 3 is 3.17 bits per heavy atom. The topological polar surface area (TPSA) is 87.8 Å². The molecule has 7 heteroatoms. The fraction of sp³-hybridized carbons (Fsp3) is 0.636. The summed E-state index contributed by atoms with van der Waals surface area (Å²) in [5.74, 6) is 0.717. The molecular formula is C11H17N3O4. The molecule has 18 heavy (non-hydrogen) atoms. The smallest absolute Gasteiger partial charge is 0.404 e. The minimum Gasteiger partial charge on any atom is -0.465 e. The average Bonchev–Trinajstić information content (AvgIpc) is 2.94. The predicted molar refractivity (Wildman–Crippen MR) is 62.5 cm³/mol. The van der Waals surface area contributed by atoms with E-state index in [0.717, 1.165) is 13.1 Å². The number of ether oxygens (including phenoxy) is 1. The van der Waals surface area contributed by atoms with Crippen molar-refractivity contribution >= 4 is 6.09 Å². The monoisotopic (exact) mass is 255 g/mol. The predicted octanol–water partition coefficient (Wildman–Crippen LogP) is 0.356. The average molecular weight is 255 g/mol. The van der Waals surface area contributed by atoms with Crippen molar-refractivity contribution in [2.75, 3.05) is 33.4 Å². The summed E-state index contributed by atoms with van der Waals surface area (Å²) in [6.07, 6.45) is 1.99. The Bertz CT molecular complexity index is 382. The lowest BCUT2D eigenvalue weighted by Crippen LogP contribution is -2.39. The number of carbonyl (C=O) groups is 1. The number of nitrogens with zero attached hydrogens (tertiary/aromatic N) is 2. The molecule has 1 fully saturated rings. The van der Waals surface area contributed by atoms with Crippen molar-refractivity contribution in [1.82, 2.24) is 15.2 Å². The molecule has 0 saturated carbocycles. The summed E-state index contributed by atoms with van der Waals surface area (Å²) < 4.78 is 10.3. The molecule has 1 saturated heterocycles. The summed E-state index contributed by atoms with van der Waals surface area (Å²) in [5.41, 5.74) is 0. The molecule has 1 aliphatic heterocycles. The van der Waals surface area contributed by atoms with Gasteiger partial charge in [-0.15, -0.1) is 0 Å². The summed E-state index contributed by atoms with van der Waals surface area (Å²) in [4.78, 5) is 16.8. The second-order valence-electron chi connectivity index (χ2n) is 4.32. The van der Waals surface area contributed by atoms with E-state index in [0.29, 0.717) is 18.9 Å². The number of methoxy groups -OCH3 is 1. The van der Waals surface area contributed by atoms with Crippen LogP contribution >= 0.6 is 0 Å². The van der Waals surface area contributed by atoms with Gasteiger partial charge in [0.05, 0.1) is 24.8 Å². The van der Waals surface area contributed by atoms with Crippen LogP contribution in [0.3, 0.4) is 0 Å². The summed E-state index contributed by atoms with van der Waals surface area (Å²) >= 11 is 0. The van der Waals surface area contributed by atoms with Crippen LogP contribution in [0.25, 0.3) is 0 Å². The third-order valence-electron chi connectivity index (χ3n) is 3.13. The summed E-state index contributed by atoms with van der Waals surface area (Å²) in [6, 6.07) is -0.174. The number of likely N-dealkylation sites (tertiary alicyclic amines) is 1. The fourth-order valence-corrected chi connectivity index (χ4v) is 2.29. The molecule has 0 radical (unpaired) electrons. The molecule has 2 heterocycles. The Kier molecular flexibility index (Phi) is 4.16. The molecule has 0 bridgehead atoms. The zero-order valence-corrected chi connectivity index (χ0v) is 10.2. The third-order valence-corrected chi connectivity index (χ3v) is 3.13. The molecule has 7 nitrogen and oxygen atoms in total. The number of aromatic nitrogens is 1. The maximum atomic E-state index is 10.8. The SMILES string of the molecule is COCCN1C[C@@H](NC(=O)O)[C@H](c2cnco2)C1. The molecule has 1 aromatic heterocycles. The van der Waals surface area contributed by atoms with E-state index in [1.165, 1.54) is 6.39 Å². The molecule has 2 rings (SSSR count). The second-order valence-corrected chi connectivity index (χ2v) is 4.32. The molecular weight excluding hydrogens is 238 g/mol. The molecule has 0 aliphatic carbocycles. The van der Waals surface area contributed by atoms with Crippen LogP contribution in [0.5, 0.6) is 0 Å². The van der Waals surface area contributed by atoms with Crippen LogP contribution in [0.15, 0.2) is 17.0 Å². The van der Waals surface area contributed by atoms with E-state index in [1.54, 1.807) is 13.3 Å². The van der Waals surface area contributed by atoms with Crippen molar-refractivity contribution in [3.63, 3.8) is 0 Å². The number of carboxylic acid groups (broad SMARTS) is 1. The van der Waals surface area contributed by atoms with E-state index in [4.69, 9.17) is 14.3 Å². The number of amides is 1. The Labute approximate surface area is 105 Å². The lowest BCUT2D eigenvalue weighted by molar-refractivity contribution is 0.158. The van der Waals surface area contributed by atoms with Gasteiger partial charge in [0.1, 0.15) is 5.76 Å². The quantitative estimate of drug-likeness (QED) is 0.789. The minimum absolute atomic E-state index is 0.000422. The van der Waals surface area contributed by atoms with Gasteiger partial charge in [-0.3, -0.25) is 4.90 Å². The number of hydrogen-bond acceptors (Lipinski definition) is 5. The highest BCUT2D eigenvalue weighted by Crippen LogP contribution is 2.27. The summed E-state index contributed by atoms with van der Waals surface area (Å²) in [5, 5.41) is 11.4. The summed E-state index contributed by atoms with van der Waals surface area (Å²) in [7, 11) is 1.65. The largest absolute Gasteiger partial charge is 0.465 e. The number of oxazole rings is 1. The van der Waals surface area contributed by atoms with Crippen molar-refractivity contribution in [1.29, 1.82) is 0 Å².